The zero-order valence-electron chi connectivity index (χ0n) is 9.74. The van der Waals surface area contributed by atoms with E-state index in [1.54, 1.807) is 6.08 Å². The van der Waals surface area contributed by atoms with E-state index in [-0.39, 0.29) is 11.5 Å². The molecule has 1 aromatic rings. The van der Waals surface area contributed by atoms with Gasteiger partial charge in [-0.15, -0.1) is 0 Å². The van der Waals surface area contributed by atoms with Gasteiger partial charge in [0.25, 0.3) is 0 Å². The van der Waals surface area contributed by atoms with Crippen molar-refractivity contribution in [3.8, 4) is 0 Å². The van der Waals surface area contributed by atoms with Crippen molar-refractivity contribution in [2.24, 2.45) is 4.99 Å². The highest BCUT2D eigenvalue weighted by Crippen LogP contribution is 2.25. The number of carbonyl (C=O) groups excluding carboxylic acids is 1. The fraction of sp³-hybridized carbons (Fsp3) is 0.462. The average molecular weight is 203 g/mol. The summed E-state index contributed by atoms with van der Waals surface area (Å²) in [6, 6.07) is 8.09. The lowest BCUT2D eigenvalue weighted by Gasteiger charge is -2.20. The van der Waals surface area contributed by atoms with Crippen molar-refractivity contribution in [1.29, 1.82) is 0 Å². The number of rotatable bonds is 2. The van der Waals surface area contributed by atoms with Crippen LogP contribution in [-0.2, 0) is 10.2 Å². The van der Waals surface area contributed by atoms with Gasteiger partial charge in [-0.05, 0) is 23.5 Å². The van der Waals surface area contributed by atoms with Gasteiger partial charge in [0.2, 0.25) is 6.08 Å². The van der Waals surface area contributed by atoms with Gasteiger partial charge in [-0.25, -0.2) is 4.79 Å². The van der Waals surface area contributed by atoms with E-state index < -0.39 is 0 Å². The minimum absolute atomic E-state index is 0.107. The van der Waals surface area contributed by atoms with E-state index >= 15 is 0 Å². The van der Waals surface area contributed by atoms with Gasteiger partial charge in [-0.2, -0.15) is 4.99 Å². The molecule has 0 bridgehead atoms. The van der Waals surface area contributed by atoms with E-state index in [9.17, 15) is 4.79 Å². The Morgan fingerprint density at radius 1 is 1.33 bits per heavy atom. The van der Waals surface area contributed by atoms with E-state index in [4.69, 9.17) is 0 Å². The van der Waals surface area contributed by atoms with Gasteiger partial charge in [-0.3, -0.25) is 0 Å². The highest BCUT2D eigenvalue weighted by atomic mass is 16.1. The molecule has 1 unspecified atom stereocenters. The SMILES string of the molecule is CC(N=C=O)c1cccc(C(C)(C)C)c1. The van der Waals surface area contributed by atoms with Gasteiger partial charge in [0, 0.05) is 0 Å². The first-order valence-corrected chi connectivity index (χ1v) is 5.12. The van der Waals surface area contributed by atoms with Crippen molar-refractivity contribution in [3.63, 3.8) is 0 Å². The van der Waals surface area contributed by atoms with Crippen LogP contribution in [0.15, 0.2) is 29.3 Å². The summed E-state index contributed by atoms with van der Waals surface area (Å²) in [6.45, 7) is 8.39. The molecule has 2 heteroatoms. The topological polar surface area (TPSA) is 29.4 Å². The quantitative estimate of drug-likeness (QED) is 0.535. The minimum Gasteiger partial charge on any atom is -0.211 e. The molecule has 0 spiro atoms. The van der Waals surface area contributed by atoms with E-state index in [0.717, 1.165) is 5.56 Å². The van der Waals surface area contributed by atoms with E-state index in [2.05, 4.69) is 37.9 Å². The molecule has 0 heterocycles. The molecule has 0 saturated heterocycles. The predicted molar refractivity (Wildman–Crippen MR) is 61.7 cm³/mol. The highest BCUT2D eigenvalue weighted by Gasteiger charge is 2.14. The zero-order valence-corrected chi connectivity index (χ0v) is 9.74. The summed E-state index contributed by atoms with van der Waals surface area (Å²) in [5.41, 5.74) is 2.44. The van der Waals surface area contributed by atoms with Crippen LogP contribution in [0.5, 0.6) is 0 Å². The molecule has 80 valence electrons. The summed E-state index contributed by atoms with van der Waals surface area (Å²) >= 11 is 0. The smallest absolute Gasteiger partial charge is 0.211 e. The molecule has 0 amide bonds. The summed E-state index contributed by atoms with van der Waals surface area (Å²) in [5, 5.41) is 0. The van der Waals surface area contributed by atoms with Gasteiger partial charge in [0.05, 0.1) is 6.04 Å². The second-order valence-corrected chi connectivity index (χ2v) is 4.77. The molecule has 1 aromatic carbocycles. The average Bonchev–Trinajstić information content (AvgIpc) is 2.17. The van der Waals surface area contributed by atoms with Crippen molar-refractivity contribution < 1.29 is 4.79 Å². The van der Waals surface area contributed by atoms with Crippen LogP contribution in [0.25, 0.3) is 0 Å². The van der Waals surface area contributed by atoms with Crippen LogP contribution < -0.4 is 0 Å². The molecular formula is C13H17NO. The number of benzene rings is 1. The maximum atomic E-state index is 10.2. The molecule has 0 aliphatic carbocycles. The third kappa shape index (κ3) is 3.03. The lowest BCUT2D eigenvalue weighted by atomic mass is 9.85. The lowest BCUT2D eigenvalue weighted by Crippen LogP contribution is -2.11. The number of aliphatic imine (C=N–C) groups is 1. The van der Waals surface area contributed by atoms with E-state index in [1.165, 1.54) is 5.56 Å². The third-order valence-electron chi connectivity index (χ3n) is 2.48. The first-order valence-electron chi connectivity index (χ1n) is 5.12. The first kappa shape index (κ1) is 11.7. The molecule has 0 fully saturated rings. The van der Waals surface area contributed by atoms with Crippen molar-refractivity contribution in [2.75, 3.05) is 0 Å². The Morgan fingerprint density at radius 2 is 2.00 bits per heavy atom. The fourth-order valence-corrected chi connectivity index (χ4v) is 1.42. The Bertz CT molecular complexity index is 384. The van der Waals surface area contributed by atoms with Gasteiger partial charge in [-0.1, -0.05) is 45.0 Å². The zero-order chi connectivity index (χ0) is 11.5. The number of nitrogens with zero attached hydrogens (tertiary/aromatic N) is 1. The summed E-state index contributed by atoms with van der Waals surface area (Å²) in [7, 11) is 0. The fourth-order valence-electron chi connectivity index (χ4n) is 1.42. The number of isocyanates is 1. The van der Waals surface area contributed by atoms with Crippen LogP contribution in [0, 0.1) is 0 Å². The van der Waals surface area contributed by atoms with Crippen LogP contribution in [-0.4, -0.2) is 6.08 Å². The third-order valence-corrected chi connectivity index (χ3v) is 2.48. The molecule has 2 nitrogen and oxygen atoms in total. The van der Waals surface area contributed by atoms with Crippen LogP contribution in [0.2, 0.25) is 0 Å². The first-order chi connectivity index (χ1) is 6.95. The van der Waals surface area contributed by atoms with Gasteiger partial charge < -0.3 is 0 Å². The predicted octanol–water partition coefficient (Wildman–Crippen LogP) is 3.38. The number of hydrogen-bond donors (Lipinski definition) is 0. The highest BCUT2D eigenvalue weighted by molar-refractivity contribution is 5.36. The Labute approximate surface area is 91.0 Å². The van der Waals surface area contributed by atoms with Crippen molar-refractivity contribution in [3.05, 3.63) is 35.4 Å². The normalized spacial score (nSPS) is 13.1. The van der Waals surface area contributed by atoms with Gasteiger partial charge >= 0.3 is 0 Å². The van der Waals surface area contributed by atoms with Crippen LogP contribution >= 0.6 is 0 Å². The molecular weight excluding hydrogens is 186 g/mol. The molecule has 0 aliphatic rings. The van der Waals surface area contributed by atoms with Crippen molar-refractivity contribution >= 4 is 6.08 Å². The largest absolute Gasteiger partial charge is 0.235 e. The Kier molecular flexibility index (Phi) is 3.43. The van der Waals surface area contributed by atoms with E-state index in [1.807, 2.05) is 19.1 Å². The van der Waals surface area contributed by atoms with E-state index in [0.29, 0.717) is 0 Å². The lowest BCUT2D eigenvalue weighted by molar-refractivity contribution is 0.559. The van der Waals surface area contributed by atoms with Gasteiger partial charge in [0.1, 0.15) is 0 Å². The molecule has 1 atom stereocenters. The summed E-state index contributed by atoms with van der Waals surface area (Å²) < 4.78 is 0. The molecule has 15 heavy (non-hydrogen) atoms. The van der Waals surface area contributed by atoms with Crippen LogP contribution in [0.4, 0.5) is 0 Å². The van der Waals surface area contributed by atoms with Crippen molar-refractivity contribution in [1.82, 2.24) is 0 Å². The van der Waals surface area contributed by atoms with Gasteiger partial charge in [0.15, 0.2) is 0 Å². The number of hydrogen-bond acceptors (Lipinski definition) is 2. The maximum absolute atomic E-state index is 10.2. The molecule has 1 rings (SSSR count). The summed E-state index contributed by atoms with van der Waals surface area (Å²) in [6.07, 6.45) is 1.60. The van der Waals surface area contributed by atoms with Crippen LogP contribution in [0.3, 0.4) is 0 Å². The second-order valence-electron chi connectivity index (χ2n) is 4.77. The molecule has 0 aliphatic heterocycles. The molecule has 0 saturated carbocycles. The molecule has 0 N–H and O–H groups in total. The minimum atomic E-state index is -0.107. The molecule has 0 radical (unpaired) electrons. The maximum Gasteiger partial charge on any atom is 0.235 e. The standard InChI is InChI=1S/C13H17NO/c1-10(14-9-15)11-6-5-7-12(8-11)13(2,3)4/h5-8,10H,1-4H3. The molecule has 0 aromatic heterocycles. The summed E-state index contributed by atoms with van der Waals surface area (Å²) in [5.74, 6) is 0. The summed E-state index contributed by atoms with van der Waals surface area (Å²) in [4.78, 5) is 13.9. The van der Waals surface area contributed by atoms with Crippen LogP contribution in [0.1, 0.15) is 44.9 Å². The van der Waals surface area contributed by atoms with Crippen molar-refractivity contribution in [2.45, 2.75) is 39.2 Å². The second kappa shape index (κ2) is 4.41. The monoisotopic (exact) mass is 203 g/mol. The Balaban J connectivity index is 3.08. The Morgan fingerprint density at radius 3 is 2.53 bits per heavy atom. The Hall–Kier alpha value is -1.40.